The van der Waals surface area contributed by atoms with Crippen molar-refractivity contribution in [3.63, 3.8) is 0 Å². The van der Waals surface area contributed by atoms with Gasteiger partial charge in [0.1, 0.15) is 0 Å². The molecule has 116 valence electrons. The summed E-state index contributed by atoms with van der Waals surface area (Å²) in [6.45, 7) is 2.32. The van der Waals surface area contributed by atoms with Crippen LogP contribution in [-0.4, -0.2) is 39.4 Å². The van der Waals surface area contributed by atoms with Gasteiger partial charge in [0.25, 0.3) is 0 Å². The first-order valence-electron chi connectivity index (χ1n) is 6.56. The molecule has 2 unspecified atom stereocenters. The van der Waals surface area contributed by atoms with Crippen LogP contribution < -0.4 is 10.6 Å². The van der Waals surface area contributed by atoms with Crippen LogP contribution in [0.25, 0.3) is 0 Å². The number of carboxylic acid groups (broad SMARTS) is 1. The molecule has 0 spiro atoms. The van der Waals surface area contributed by atoms with Crippen molar-refractivity contribution in [1.29, 1.82) is 0 Å². The highest BCUT2D eigenvalue weighted by Crippen LogP contribution is 2.10. The summed E-state index contributed by atoms with van der Waals surface area (Å²) in [4.78, 5) is 22.2. The van der Waals surface area contributed by atoms with E-state index in [0.29, 0.717) is 24.2 Å². The summed E-state index contributed by atoms with van der Waals surface area (Å²) in [5, 5.41) is 14.0. The maximum Gasteiger partial charge on any atom is 0.319 e. The van der Waals surface area contributed by atoms with Gasteiger partial charge in [0.05, 0.1) is 6.42 Å². The molecule has 1 aromatic carbocycles. The summed E-state index contributed by atoms with van der Waals surface area (Å²) in [5.74, 6) is -0.893. The first kappa shape index (κ1) is 17.2. The molecule has 0 aliphatic heterocycles. The fourth-order valence-corrected chi connectivity index (χ4v) is 2.06. The summed E-state index contributed by atoms with van der Waals surface area (Å²) in [5.41, 5.74) is 1.27. The highest BCUT2D eigenvalue weighted by molar-refractivity contribution is 7.84. The molecule has 7 heteroatoms. The predicted octanol–water partition coefficient (Wildman–Crippen LogP) is 1.59. The third-order valence-electron chi connectivity index (χ3n) is 2.97. The zero-order valence-electron chi connectivity index (χ0n) is 12.1. The molecule has 0 saturated heterocycles. The molecule has 0 aromatic heterocycles. The first-order chi connectivity index (χ1) is 9.88. The Hall–Kier alpha value is -1.89. The second-order valence-corrected chi connectivity index (χ2v) is 6.55. The van der Waals surface area contributed by atoms with Crippen LogP contribution in [0.15, 0.2) is 24.3 Å². The van der Waals surface area contributed by atoms with Gasteiger partial charge < -0.3 is 15.7 Å². The highest BCUT2D eigenvalue weighted by Gasteiger charge is 2.07. The fraction of sp³-hybridized carbons (Fsp3) is 0.429. The average Bonchev–Trinajstić information content (AvgIpc) is 2.40. The Balaban J connectivity index is 2.37. The lowest BCUT2D eigenvalue weighted by atomic mass is 10.1. The Morgan fingerprint density at radius 3 is 2.43 bits per heavy atom. The summed E-state index contributed by atoms with van der Waals surface area (Å²) in [6, 6.07) is 6.29. The van der Waals surface area contributed by atoms with Gasteiger partial charge in [-0.2, -0.15) is 0 Å². The topological polar surface area (TPSA) is 95.5 Å². The number of hydrogen-bond donors (Lipinski definition) is 3. The van der Waals surface area contributed by atoms with Crippen LogP contribution in [0, 0.1) is 0 Å². The van der Waals surface area contributed by atoms with Crippen molar-refractivity contribution >= 4 is 28.5 Å². The van der Waals surface area contributed by atoms with Gasteiger partial charge in [-0.1, -0.05) is 19.1 Å². The Morgan fingerprint density at radius 2 is 1.90 bits per heavy atom. The summed E-state index contributed by atoms with van der Waals surface area (Å²) in [7, 11) is -0.890. The van der Waals surface area contributed by atoms with Crippen molar-refractivity contribution in [2.75, 3.05) is 18.1 Å². The quantitative estimate of drug-likeness (QED) is 0.712. The number of aliphatic carboxylic acids is 1. The molecule has 3 N–H and O–H groups in total. The molecule has 0 aliphatic carbocycles. The molecule has 6 nitrogen and oxygen atoms in total. The number of carbonyl (C=O) groups is 2. The van der Waals surface area contributed by atoms with Crippen molar-refractivity contribution in [2.45, 2.75) is 25.0 Å². The van der Waals surface area contributed by atoms with E-state index in [1.165, 1.54) is 0 Å². The number of amides is 2. The van der Waals surface area contributed by atoms with Crippen molar-refractivity contribution in [3.05, 3.63) is 29.8 Å². The second-order valence-electron chi connectivity index (χ2n) is 4.75. The van der Waals surface area contributed by atoms with E-state index in [9.17, 15) is 13.8 Å². The summed E-state index contributed by atoms with van der Waals surface area (Å²) in [6.07, 6.45) is 2.25. The number of nitrogens with one attached hydrogen (secondary N) is 2. The van der Waals surface area contributed by atoms with Crippen molar-refractivity contribution in [3.8, 4) is 0 Å². The molecular weight excluding hydrogens is 292 g/mol. The standard InChI is InChI=1S/C14H20N2O4S/c1-10(21(2)20)7-8-15-14(19)16-12-5-3-11(4-6-12)9-13(17)18/h3-6,10H,7-9H2,1-2H3,(H,17,18)(H2,15,16,19). The molecule has 21 heavy (non-hydrogen) atoms. The molecular formula is C14H20N2O4S. The zero-order valence-corrected chi connectivity index (χ0v) is 12.9. The SMILES string of the molecule is CC(CCNC(=O)Nc1ccc(CC(=O)O)cc1)S(C)=O. The third kappa shape index (κ3) is 6.89. The molecule has 2 atom stereocenters. The monoisotopic (exact) mass is 312 g/mol. The van der Waals surface area contributed by atoms with Crippen LogP contribution in [0.1, 0.15) is 18.9 Å². The van der Waals surface area contributed by atoms with Gasteiger partial charge in [-0.25, -0.2) is 4.79 Å². The minimum atomic E-state index is -0.893. The maximum atomic E-state index is 11.6. The number of rotatable bonds is 7. The van der Waals surface area contributed by atoms with E-state index in [-0.39, 0.29) is 17.7 Å². The zero-order chi connectivity index (χ0) is 15.8. The molecule has 0 radical (unpaired) electrons. The molecule has 0 fully saturated rings. The van der Waals surface area contributed by atoms with Crippen LogP contribution >= 0.6 is 0 Å². The van der Waals surface area contributed by atoms with Crippen LogP contribution in [0.2, 0.25) is 0 Å². The maximum absolute atomic E-state index is 11.6. The number of benzene rings is 1. The number of urea groups is 1. The van der Waals surface area contributed by atoms with E-state index in [1.54, 1.807) is 30.5 Å². The fourth-order valence-electron chi connectivity index (χ4n) is 1.61. The average molecular weight is 312 g/mol. The smallest absolute Gasteiger partial charge is 0.319 e. The van der Waals surface area contributed by atoms with Gasteiger partial charge in [-0.3, -0.25) is 9.00 Å². The van der Waals surface area contributed by atoms with Crippen molar-refractivity contribution in [2.24, 2.45) is 0 Å². The molecule has 0 heterocycles. The Bertz CT molecular complexity index is 516. The van der Waals surface area contributed by atoms with Crippen LogP contribution in [-0.2, 0) is 22.0 Å². The largest absolute Gasteiger partial charge is 0.481 e. The molecule has 1 aromatic rings. The molecule has 0 saturated carbocycles. The van der Waals surface area contributed by atoms with Crippen LogP contribution in [0.4, 0.5) is 10.5 Å². The van der Waals surface area contributed by atoms with E-state index in [0.717, 1.165) is 0 Å². The van der Waals surface area contributed by atoms with Crippen LogP contribution in [0.3, 0.4) is 0 Å². The normalized spacial score (nSPS) is 13.2. The highest BCUT2D eigenvalue weighted by atomic mass is 32.2. The molecule has 0 aliphatic rings. The second kappa shape index (κ2) is 8.41. The lowest BCUT2D eigenvalue weighted by Gasteiger charge is -2.10. The molecule has 1 rings (SSSR count). The summed E-state index contributed by atoms with van der Waals surface area (Å²) >= 11 is 0. The van der Waals surface area contributed by atoms with E-state index in [2.05, 4.69) is 10.6 Å². The van der Waals surface area contributed by atoms with Gasteiger partial charge in [0.15, 0.2) is 0 Å². The van der Waals surface area contributed by atoms with E-state index in [4.69, 9.17) is 5.11 Å². The third-order valence-corrected chi connectivity index (χ3v) is 4.34. The van der Waals surface area contributed by atoms with Gasteiger partial charge in [-0.15, -0.1) is 0 Å². The number of anilines is 1. The Labute approximate surface area is 126 Å². The van der Waals surface area contributed by atoms with E-state index in [1.807, 2.05) is 6.92 Å². The Morgan fingerprint density at radius 1 is 1.29 bits per heavy atom. The lowest BCUT2D eigenvalue weighted by molar-refractivity contribution is -0.136. The molecule has 0 bridgehead atoms. The minimum absolute atomic E-state index is 0.0422. The number of hydrogen-bond acceptors (Lipinski definition) is 3. The predicted molar refractivity (Wildman–Crippen MR) is 82.9 cm³/mol. The van der Waals surface area contributed by atoms with Gasteiger partial charge in [-0.05, 0) is 24.1 Å². The summed E-state index contributed by atoms with van der Waals surface area (Å²) < 4.78 is 11.2. The van der Waals surface area contributed by atoms with E-state index < -0.39 is 16.8 Å². The minimum Gasteiger partial charge on any atom is -0.481 e. The van der Waals surface area contributed by atoms with Gasteiger partial charge >= 0.3 is 12.0 Å². The van der Waals surface area contributed by atoms with Crippen LogP contribution in [0.5, 0.6) is 0 Å². The lowest BCUT2D eigenvalue weighted by Crippen LogP contribution is -2.31. The van der Waals surface area contributed by atoms with E-state index >= 15 is 0 Å². The van der Waals surface area contributed by atoms with Gasteiger partial charge in [0.2, 0.25) is 0 Å². The number of carboxylic acids is 1. The van der Waals surface area contributed by atoms with Gasteiger partial charge in [0, 0.05) is 34.5 Å². The molecule has 2 amide bonds. The van der Waals surface area contributed by atoms with Crippen molar-refractivity contribution in [1.82, 2.24) is 5.32 Å². The number of carbonyl (C=O) groups excluding carboxylic acids is 1. The van der Waals surface area contributed by atoms with Crippen molar-refractivity contribution < 1.29 is 18.9 Å². The Kier molecular flexibility index (Phi) is 6.87. The first-order valence-corrected chi connectivity index (χ1v) is 8.18.